The van der Waals surface area contributed by atoms with Crippen LogP contribution in [-0.4, -0.2) is 137 Å². The summed E-state index contributed by atoms with van der Waals surface area (Å²) in [4.78, 5) is 99.4. The fraction of sp³-hybridized carbons (Fsp3) is 0.674. The van der Waals surface area contributed by atoms with Gasteiger partial charge in [-0.2, -0.15) is 11.8 Å². The van der Waals surface area contributed by atoms with Gasteiger partial charge in [0.05, 0.1) is 18.1 Å². The summed E-state index contributed by atoms with van der Waals surface area (Å²) >= 11 is 1.87. The standard InChI is InChI=1S/C43H66N8O10S/c52-35(18-7-6-16-34-39-32(28-62-34)49-43(61)50-39)44-23-9-2-5-17-36(53)46-25-22-38(55)47-26-21-37(54)45-24-10-8-14-30(40(56)51-27-11-15-33(51)42(59)60)48-31(41(57)58)20-19-29-12-3-1-4-13-29/h1,3-4,12-13,30-34,39,48H,2,5-11,14-28H2,(H,44,52)(H,45,54)(H,46,53)(H,47,55)(H,57,58)(H,59,60)(H2,49,50,61)/t30-,31?,32-,33-,34-,39-/m0/s1. The van der Waals surface area contributed by atoms with Gasteiger partial charge in [-0.05, 0) is 76.2 Å². The third kappa shape index (κ3) is 17.8. The van der Waals surface area contributed by atoms with E-state index in [1.807, 2.05) is 42.1 Å². The number of carboxylic acid groups (broad SMARTS) is 2. The first-order valence-corrected chi connectivity index (χ1v) is 23.3. The van der Waals surface area contributed by atoms with Crippen molar-refractivity contribution >= 4 is 59.3 Å². The number of hydrogen-bond acceptors (Lipinski definition) is 10. The molecule has 0 radical (unpaired) electrons. The van der Waals surface area contributed by atoms with Crippen LogP contribution < -0.4 is 37.2 Å². The number of carbonyl (C=O) groups excluding carboxylic acids is 6. The van der Waals surface area contributed by atoms with E-state index in [2.05, 4.69) is 37.2 Å². The third-order valence-electron chi connectivity index (χ3n) is 11.5. The molecule has 3 aliphatic rings. The number of urea groups is 1. The van der Waals surface area contributed by atoms with E-state index >= 15 is 0 Å². The Morgan fingerprint density at radius 3 is 1.97 bits per heavy atom. The second-order valence-corrected chi connectivity index (χ2v) is 17.5. The number of nitrogens with zero attached hydrogens (tertiary/aromatic N) is 1. The molecule has 3 heterocycles. The zero-order valence-electron chi connectivity index (χ0n) is 35.6. The molecular weight excluding hydrogens is 821 g/mol. The van der Waals surface area contributed by atoms with E-state index in [1.165, 1.54) is 4.90 Å². The Bertz CT molecular complexity index is 1650. The van der Waals surface area contributed by atoms with Crippen LogP contribution in [0.15, 0.2) is 30.3 Å². The number of unbranched alkanes of at least 4 members (excludes halogenated alkanes) is 4. The number of carboxylic acids is 2. The van der Waals surface area contributed by atoms with Crippen molar-refractivity contribution in [2.24, 2.45) is 0 Å². The number of thioether (sulfide) groups is 1. The van der Waals surface area contributed by atoms with E-state index in [0.29, 0.717) is 69.7 Å². The Labute approximate surface area is 368 Å². The van der Waals surface area contributed by atoms with Crippen molar-refractivity contribution in [2.45, 2.75) is 145 Å². The van der Waals surface area contributed by atoms with Gasteiger partial charge in [-0.1, -0.05) is 43.2 Å². The van der Waals surface area contributed by atoms with Gasteiger partial charge in [0.25, 0.3) is 0 Å². The van der Waals surface area contributed by atoms with Crippen LogP contribution in [0.2, 0.25) is 0 Å². The average Bonchev–Trinajstić information content (AvgIpc) is 3.98. The Morgan fingerprint density at radius 1 is 0.710 bits per heavy atom. The minimum Gasteiger partial charge on any atom is -0.480 e. The zero-order chi connectivity index (χ0) is 44.7. The highest BCUT2D eigenvalue weighted by molar-refractivity contribution is 8.00. The second-order valence-electron chi connectivity index (χ2n) is 16.2. The predicted octanol–water partition coefficient (Wildman–Crippen LogP) is 1.81. The molecule has 7 amide bonds. The number of benzene rings is 1. The van der Waals surface area contributed by atoms with Gasteiger partial charge in [-0.3, -0.25) is 34.1 Å². The number of aryl methyl sites for hydroxylation is 1. The summed E-state index contributed by atoms with van der Waals surface area (Å²) in [6.45, 7) is 1.44. The predicted molar refractivity (Wildman–Crippen MR) is 233 cm³/mol. The van der Waals surface area contributed by atoms with Crippen molar-refractivity contribution in [3.05, 3.63) is 35.9 Å². The summed E-state index contributed by atoms with van der Waals surface area (Å²) in [5.74, 6) is -2.40. The van der Waals surface area contributed by atoms with Crippen LogP contribution >= 0.6 is 11.8 Å². The third-order valence-corrected chi connectivity index (χ3v) is 13.0. The van der Waals surface area contributed by atoms with Gasteiger partial charge in [0.1, 0.15) is 12.1 Å². The molecular formula is C43H66N8O10S. The average molecular weight is 887 g/mol. The topological polar surface area (TPSA) is 264 Å². The van der Waals surface area contributed by atoms with Gasteiger partial charge in [0, 0.05) is 69.4 Å². The molecule has 344 valence electrons. The minimum atomic E-state index is -1.10. The molecule has 3 aliphatic heterocycles. The fourth-order valence-corrected chi connectivity index (χ4v) is 9.56. The molecule has 0 spiro atoms. The maximum atomic E-state index is 13.6. The lowest BCUT2D eigenvalue weighted by Gasteiger charge is -2.29. The molecule has 62 heavy (non-hydrogen) atoms. The minimum absolute atomic E-state index is 0.0243. The van der Waals surface area contributed by atoms with Crippen LogP contribution in [0.3, 0.4) is 0 Å². The molecule has 0 saturated carbocycles. The SMILES string of the molecule is O=C(CCCC[C@@H]1SC[C@@H]2NC(=O)N[C@@H]21)NCCCCCC(=O)NCCC(=O)NCCC(=O)NCCCC[C@H](NC(CCc1ccccc1)C(=O)O)C(=O)N1CCC[C@H]1C(=O)O. The van der Waals surface area contributed by atoms with Crippen LogP contribution in [0.1, 0.15) is 108 Å². The first-order chi connectivity index (χ1) is 29.9. The Hall–Kier alpha value is -4.91. The first kappa shape index (κ1) is 49.7. The molecule has 19 heteroatoms. The molecule has 9 N–H and O–H groups in total. The van der Waals surface area contributed by atoms with Gasteiger partial charge in [-0.25, -0.2) is 9.59 Å². The van der Waals surface area contributed by atoms with Crippen LogP contribution in [0, 0.1) is 0 Å². The van der Waals surface area contributed by atoms with Gasteiger partial charge in [0.2, 0.25) is 29.5 Å². The van der Waals surface area contributed by atoms with Crippen molar-refractivity contribution in [3.63, 3.8) is 0 Å². The van der Waals surface area contributed by atoms with Gasteiger partial charge >= 0.3 is 18.0 Å². The smallest absolute Gasteiger partial charge is 0.326 e. The van der Waals surface area contributed by atoms with E-state index < -0.39 is 36.0 Å². The molecule has 4 rings (SSSR count). The number of aliphatic carboxylic acids is 2. The Kier molecular flexibility index (Phi) is 21.8. The number of carbonyl (C=O) groups is 8. The summed E-state index contributed by atoms with van der Waals surface area (Å²) in [6, 6.07) is 6.83. The number of rotatable bonds is 30. The lowest BCUT2D eigenvalue weighted by Crippen LogP contribution is -2.54. The molecule has 18 nitrogen and oxygen atoms in total. The van der Waals surface area contributed by atoms with Crippen LogP contribution in [-0.2, 0) is 40.0 Å². The van der Waals surface area contributed by atoms with E-state index in [0.717, 1.165) is 43.4 Å². The highest BCUT2D eigenvalue weighted by atomic mass is 32.2. The summed E-state index contributed by atoms with van der Waals surface area (Å²) in [7, 11) is 0. The lowest BCUT2D eigenvalue weighted by molar-refractivity contribution is -0.149. The quantitative estimate of drug-likeness (QED) is 0.0396. The molecule has 1 unspecified atom stereocenters. The molecule has 1 aromatic carbocycles. The van der Waals surface area contributed by atoms with Gasteiger partial charge < -0.3 is 47.0 Å². The van der Waals surface area contributed by atoms with Gasteiger partial charge in [0.15, 0.2) is 0 Å². The number of nitrogens with one attached hydrogen (secondary N) is 7. The number of amides is 7. The fourth-order valence-electron chi connectivity index (χ4n) is 8.02. The van der Waals surface area contributed by atoms with Crippen molar-refractivity contribution in [1.82, 2.24) is 42.1 Å². The molecule has 3 fully saturated rings. The van der Waals surface area contributed by atoms with Crippen LogP contribution in [0.4, 0.5) is 4.79 Å². The molecule has 0 aromatic heterocycles. The second kappa shape index (κ2) is 27.2. The summed E-state index contributed by atoms with van der Waals surface area (Å²) in [6.07, 6.45) is 8.66. The monoisotopic (exact) mass is 886 g/mol. The van der Waals surface area contributed by atoms with E-state index in [9.17, 15) is 48.6 Å². The maximum absolute atomic E-state index is 13.6. The van der Waals surface area contributed by atoms with Gasteiger partial charge in [-0.15, -0.1) is 0 Å². The summed E-state index contributed by atoms with van der Waals surface area (Å²) < 4.78 is 0. The van der Waals surface area contributed by atoms with E-state index in [-0.39, 0.29) is 87.1 Å². The van der Waals surface area contributed by atoms with Crippen molar-refractivity contribution in [3.8, 4) is 0 Å². The van der Waals surface area contributed by atoms with Crippen LogP contribution in [0.25, 0.3) is 0 Å². The zero-order valence-corrected chi connectivity index (χ0v) is 36.4. The largest absolute Gasteiger partial charge is 0.480 e. The molecule has 0 bridgehead atoms. The Balaban J connectivity index is 0.994. The Morgan fingerprint density at radius 2 is 1.32 bits per heavy atom. The highest BCUT2D eigenvalue weighted by Crippen LogP contribution is 2.33. The number of likely N-dealkylation sites (tertiary alicyclic amines) is 1. The first-order valence-electron chi connectivity index (χ1n) is 22.2. The van der Waals surface area contributed by atoms with E-state index in [1.54, 1.807) is 0 Å². The maximum Gasteiger partial charge on any atom is 0.326 e. The number of fused-ring (bicyclic) bond motifs is 1. The van der Waals surface area contributed by atoms with Crippen LogP contribution in [0.5, 0.6) is 0 Å². The number of hydrogen-bond donors (Lipinski definition) is 9. The lowest BCUT2D eigenvalue weighted by atomic mass is 10.0. The van der Waals surface area contributed by atoms with E-state index in [4.69, 9.17) is 0 Å². The highest BCUT2D eigenvalue weighted by Gasteiger charge is 2.42. The molecule has 6 atom stereocenters. The summed E-state index contributed by atoms with van der Waals surface area (Å²) in [5.41, 5.74) is 0.962. The molecule has 3 saturated heterocycles. The molecule has 0 aliphatic carbocycles. The normalized spacial score (nSPS) is 20.0. The summed E-state index contributed by atoms with van der Waals surface area (Å²) in [5, 5.41) is 40.1. The van der Waals surface area contributed by atoms with Crippen molar-refractivity contribution < 1.29 is 48.6 Å². The van der Waals surface area contributed by atoms with Crippen molar-refractivity contribution in [2.75, 3.05) is 38.5 Å². The van der Waals surface area contributed by atoms with Crippen molar-refractivity contribution in [1.29, 1.82) is 0 Å². The molecule has 1 aromatic rings.